The Hall–Kier alpha value is -6.90. The molecule has 0 aliphatic heterocycles. The Morgan fingerprint density at radius 1 is 0.400 bits per heavy atom. The lowest BCUT2D eigenvalue weighted by atomic mass is 9.82. The highest BCUT2D eigenvalue weighted by atomic mass is 16.3. The van der Waals surface area contributed by atoms with Crippen LogP contribution in [0.15, 0.2) is 192 Å². The van der Waals surface area contributed by atoms with Gasteiger partial charge < -0.3 is 9.32 Å². The minimum atomic E-state index is -0.120. The fourth-order valence-corrected chi connectivity index (χ4v) is 9.08. The highest BCUT2D eigenvalue weighted by Gasteiger charge is 2.35. The topological polar surface area (TPSA) is 16.4 Å². The molecule has 0 saturated carbocycles. The first-order valence-electron chi connectivity index (χ1n) is 19.1. The maximum atomic E-state index is 6.60. The standard InChI is InChI=1S/C53H37NO/c1-53(2)48-22-8-7-20-45(48)46-29-27-42(33-49(46)53)54(40-17-9-15-37(31-40)38-25-24-34-12-3-4-14-36(34)30-38)41-18-10-16-39(32-41)43-21-11-23-50-51(43)47-28-26-35-13-5-6-19-44(35)52(47)55-50/h3-33H,1-2H3. The van der Waals surface area contributed by atoms with Crippen molar-refractivity contribution in [2.24, 2.45) is 0 Å². The fourth-order valence-electron chi connectivity index (χ4n) is 9.08. The summed E-state index contributed by atoms with van der Waals surface area (Å²) in [5.74, 6) is 0. The molecule has 1 aromatic heterocycles. The zero-order valence-corrected chi connectivity index (χ0v) is 30.8. The summed E-state index contributed by atoms with van der Waals surface area (Å²) in [6, 6.07) is 68.5. The first kappa shape index (κ1) is 31.6. The Labute approximate surface area is 320 Å². The number of benzene rings is 9. The van der Waals surface area contributed by atoms with E-state index in [0.29, 0.717) is 0 Å². The van der Waals surface area contributed by atoms with Gasteiger partial charge in [0.15, 0.2) is 0 Å². The largest absolute Gasteiger partial charge is 0.455 e. The summed E-state index contributed by atoms with van der Waals surface area (Å²) in [7, 11) is 0. The molecule has 0 bridgehead atoms. The smallest absolute Gasteiger partial charge is 0.143 e. The summed E-state index contributed by atoms with van der Waals surface area (Å²) >= 11 is 0. The van der Waals surface area contributed by atoms with Gasteiger partial charge in [-0.25, -0.2) is 0 Å². The Balaban J connectivity index is 1.10. The average molecular weight is 704 g/mol. The van der Waals surface area contributed by atoms with Crippen LogP contribution in [0, 0.1) is 0 Å². The predicted octanol–water partition coefficient (Wildman–Crippen LogP) is 15.0. The Kier molecular flexibility index (Phi) is 6.93. The zero-order chi connectivity index (χ0) is 36.7. The van der Waals surface area contributed by atoms with Gasteiger partial charge in [0.25, 0.3) is 0 Å². The van der Waals surface area contributed by atoms with Crippen molar-refractivity contribution in [2.75, 3.05) is 4.90 Å². The molecule has 11 rings (SSSR count). The molecule has 0 atom stereocenters. The van der Waals surface area contributed by atoms with Gasteiger partial charge >= 0.3 is 0 Å². The summed E-state index contributed by atoms with van der Waals surface area (Å²) in [5.41, 5.74) is 15.1. The molecule has 260 valence electrons. The highest BCUT2D eigenvalue weighted by molar-refractivity contribution is 6.19. The van der Waals surface area contributed by atoms with Crippen molar-refractivity contribution in [2.45, 2.75) is 19.3 Å². The van der Waals surface area contributed by atoms with Gasteiger partial charge in [-0.2, -0.15) is 0 Å². The van der Waals surface area contributed by atoms with Gasteiger partial charge in [0, 0.05) is 38.6 Å². The zero-order valence-electron chi connectivity index (χ0n) is 30.8. The maximum Gasteiger partial charge on any atom is 0.143 e. The number of anilines is 3. The van der Waals surface area contributed by atoms with Gasteiger partial charge in [0.2, 0.25) is 0 Å². The molecule has 2 heteroatoms. The number of hydrogen-bond acceptors (Lipinski definition) is 2. The highest BCUT2D eigenvalue weighted by Crippen LogP contribution is 2.51. The van der Waals surface area contributed by atoms with E-state index in [1.54, 1.807) is 0 Å². The van der Waals surface area contributed by atoms with Gasteiger partial charge in [-0.15, -0.1) is 0 Å². The van der Waals surface area contributed by atoms with E-state index < -0.39 is 0 Å². The van der Waals surface area contributed by atoms with E-state index >= 15 is 0 Å². The van der Waals surface area contributed by atoms with Crippen LogP contribution in [0.3, 0.4) is 0 Å². The molecular formula is C53H37NO. The van der Waals surface area contributed by atoms with Crippen LogP contribution in [0.2, 0.25) is 0 Å². The van der Waals surface area contributed by atoms with Crippen molar-refractivity contribution < 1.29 is 4.42 Å². The van der Waals surface area contributed by atoms with E-state index in [1.165, 1.54) is 49.5 Å². The summed E-state index contributed by atoms with van der Waals surface area (Å²) in [5, 5.41) is 7.08. The van der Waals surface area contributed by atoms with Crippen LogP contribution < -0.4 is 4.90 Å². The molecule has 0 radical (unpaired) electrons. The third kappa shape index (κ3) is 4.95. The second kappa shape index (κ2) is 12.1. The molecule has 0 saturated heterocycles. The van der Waals surface area contributed by atoms with Crippen LogP contribution in [0.5, 0.6) is 0 Å². The van der Waals surface area contributed by atoms with E-state index in [4.69, 9.17) is 4.42 Å². The predicted molar refractivity (Wildman–Crippen MR) is 232 cm³/mol. The third-order valence-electron chi connectivity index (χ3n) is 11.8. The van der Waals surface area contributed by atoms with Crippen molar-refractivity contribution in [1.29, 1.82) is 0 Å². The summed E-state index contributed by atoms with van der Waals surface area (Å²) in [6.45, 7) is 4.71. The van der Waals surface area contributed by atoms with E-state index in [0.717, 1.165) is 55.5 Å². The Morgan fingerprint density at radius 2 is 1.04 bits per heavy atom. The minimum absolute atomic E-state index is 0.120. The van der Waals surface area contributed by atoms with Crippen LogP contribution >= 0.6 is 0 Å². The second-order valence-electron chi connectivity index (χ2n) is 15.3. The SMILES string of the molecule is CC1(C)c2ccccc2-c2ccc(N(c3cccc(-c4ccc5ccccc5c4)c3)c3cccc(-c4cccc5oc6c7ccccc7ccc6c45)c3)cc21. The molecule has 1 aliphatic carbocycles. The molecular weight excluding hydrogens is 667 g/mol. The molecule has 10 aromatic rings. The quantitative estimate of drug-likeness (QED) is 0.177. The molecule has 1 aliphatic rings. The molecule has 55 heavy (non-hydrogen) atoms. The van der Waals surface area contributed by atoms with Gasteiger partial charge in [0.1, 0.15) is 11.2 Å². The first-order chi connectivity index (χ1) is 27.0. The monoisotopic (exact) mass is 703 g/mol. The van der Waals surface area contributed by atoms with Crippen LogP contribution in [0.25, 0.3) is 76.9 Å². The van der Waals surface area contributed by atoms with Gasteiger partial charge in [-0.1, -0.05) is 147 Å². The summed E-state index contributed by atoms with van der Waals surface area (Å²) in [6.07, 6.45) is 0. The molecule has 0 unspecified atom stereocenters. The molecule has 0 spiro atoms. The number of fused-ring (bicyclic) bond motifs is 9. The van der Waals surface area contributed by atoms with E-state index in [1.807, 2.05) is 0 Å². The lowest BCUT2D eigenvalue weighted by molar-refractivity contribution is 0.660. The second-order valence-corrected chi connectivity index (χ2v) is 15.3. The molecule has 2 nitrogen and oxygen atoms in total. The Bertz CT molecular complexity index is 3150. The van der Waals surface area contributed by atoms with Gasteiger partial charge in [-0.05, 0) is 115 Å². The van der Waals surface area contributed by atoms with Gasteiger partial charge in [0.05, 0.1) is 0 Å². The first-order valence-corrected chi connectivity index (χ1v) is 19.1. The lowest BCUT2D eigenvalue weighted by Crippen LogP contribution is -2.16. The fraction of sp³-hybridized carbons (Fsp3) is 0.0566. The number of rotatable bonds is 5. The van der Waals surface area contributed by atoms with Crippen molar-refractivity contribution in [3.63, 3.8) is 0 Å². The molecule has 0 amide bonds. The van der Waals surface area contributed by atoms with Crippen molar-refractivity contribution >= 4 is 60.5 Å². The van der Waals surface area contributed by atoms with Crippen molar-refractivity contribution in [3.8, 4) is 33.4 Å². The summed E-state index contributed by atoms with van der Waals surface area (Å²) < 4.78 is 6.60. The van der Waals surface area contributed by atoms with Crippen LogP contribution in [0.1, 0.15) is 25.0 Å². The van der Waals surface area contributed by atoms with Crippen LogP contribution in [-0.4, -0.2) is 0 Å². The van der Waals surface area contributed by atoms with Crippen molar-refractivity contribution in [3.05, 3.63) is 199 Å². The molecule has 1 heterocycles. The third-order valence-corrected chi connectivity index (χ3v) is 11.8. The van der Waals surface area contributed by atoms with Crippen molar-refractivity contribution in [1.82, 2.24) is 0 Å². The lowest BCUT2D eigenvalue weighted by Gasteiger charge is -2.29. The number of furan rings is 1. The average Bonchev–Trinajstić information content (AvgIpc) is 3.73. The molecule has 9 aromatic carbocycles. The molecule has 0 fully saturated rings. The number of nitrogens with zero attached hydrogens (tertiary/aromatic N) is 1. The van der Waals surface area contributed by atoms with Crippen LogP contribution in [0.4, 0.5) is 17.1 Å². The molecule has 0 N–H and O–H groups in total. The normalized spacial score (nSPS) is 13.1. The van der Waals surface area contributed by atoms with E-state index in [9.17, 15) is 0 Å². The van der Waals surface area contributed by atoms with E-state index in [-0.39, 0.29) is 5.41 Å². The van der Waals surface area contributed by atoms with Gasteiger partial charge in [-0.3, -0.25) is 0 Å². The van der Waals surface area contributed by atoms with E-state index in [2.05, 4.69) is 207 Å². The Morgan fingerprint density at radius 3 is 1.91 bits per heavy atom. The van der Waals surface area contributed by atoms with Crippen LogP contribution in [-0.2, 0) is 5.41 Å². The maximum absolute atomic E-state index is 6.60. The number of hydrogen-bond donors (Lipinski definition) is 0. The summed E-state index contributed by atoms with van der Waals surface area (Å²) in [4.78, 5) is 2.43. The minimum Gasteiger partial charge on any atom is -0.455 e.